The number of rotatable bonds is 5. The number of halogens is 1. The summed E-state index contributed by atoms with van der Waals surface area (Å²) in [7, 11) is 5.03. The van der Waals surface area contributed by atoms with E-state index in [-0.39, 0.29) is 5.02 Å². The summed E-state index contributed by atoms with van der Waals surface area (Å²) in [5.74, 6) is -0.0699. The number of carboxylic acids is 1. The van der Waals surface area contributed by atoms with Gasteiger partial charge in [0.1, 0.15) is 6.04 Å². The van der Waals surface area contributed by atoms with Gasteiger partial charge in [-0.15, -0.1) is 0 Å². The minimum atomic E-state index is -0.918. The zero-order valence-corrected chi connectivity index (χ0v) is 13.8. The van der Waals surface area contributed by atoms with Crippen LogP contribution in [0.2, 0.25) is 5.02 Å². The molecule has 122 valence electrons. The number of carboxylic acid groups (broad SMARTS) is 1. The second kappa shape index (κ2) is 7.17. The standard InChI is InChI=1S/C15H21ClN2O4/c1-17-6-8-18(9-7-17)13(15(19)20)10-4-5-11(21-2)14(22-3)12(10)16/h4-5,13H,6-9H2,1-3H3,(H,19,20). The summed E-state index contributed by atoms with van der Waals surface area (Å²) in [5, 5.41) is 9.96. The van der Waals surface area contributed by atoms with Crippen LogP contribution in [0.15, 0.2) is 12.1 Å². The van der Waals surface area contributed by atoms with E-state index in [1.54, 1.807) is 12.1 Å². The van der Waals surface area contributed by atoms with Gasteiger partial charge in [-0.3, -0.25) is 9.69 Å². The summed E-state index contributed by atoms with van der Waals surface area (Å²) in [6.45, 7) is 3.01. The first-order valence-electron chi connectivity index (χ1n) is 7.05. The van der Waals surface area contributed by atoms with Gasteiger partial charge in [-0.2, -0.15) is 0 Å². The summed E-state index contributed by atoms with van der Waals surface area (Å²) in [5.41, 5.74) is 0.524. The van der Waals surface area contributed by atoms with Crippen molar-refractivity contribution in [3.05, 3.63) is 22.7 Å². The van der Waals surface area contributed by atoms with Gasteiger partial charge in [0.15, 0.2) is 11.5 Å². The number of likely N-dealkylation sites (N-methyl/N-ethyl adjacent to an activating group) is 1. The van der Waals surface area contributed by atoms with Crippen LogP contribution in [0.25, 0.3) is 0 Å². The van der Waals surface area contributed by atoms with E-state index in [4.69, 9.17) is 21.1 Å². The van der Waals surface area contributed by atoms with E-state index in [9.17, 15) is 9.90 Å². The molecule has 1 saturated heterocycles. The van der Waals surface area contributed by atoms with Crippen molar-refractivity contribution in [2.75, 3.05) is 47.4 Å². The number of aliphatic carboxylic acids is 1. The first-order valence-corrected chi connectivity index (χ1v) is 7.43. The van der Waals surface area contributed by atoms with Crippen molar-refractivity contribution in [2.24, 2.45) is 0 Å². The average molecular weight is 329 g/mol. The summed E-state index contributed by atoms with van der Waals surface area (Å²) in [6.07, 6.45) is 0. The molecule has 0 spiro atoms. The summed E-state index contributed by atoms with van der Waals surface area (Å²) >= 11 is 6.37. The molecule has 22 heavy (non-hydrogen) atoms. The van der Waals surface area contributed by atoms with Gasteiger partial charge >= 0.3 is 5.97 Å². The van der Waals surface area contributed by atoms with Crippen LogP contribution in [0.3, 0.4) is 0 Å². The first-order chi connectivity index (χ1) is 10.5. The Hall–Kier alpha value is -1.50. The van der Waals surface area contributed by atoms with Crippen LogP contribution in [-0.4, -0.2) is 68.3 Å². The predicted octanol–water partition coefficient (Wildman–Crippen LogP) is 1.73. The van der Waals surface area contributed by atoms with Gasteiger partial charge < -0.3 is 19.5 Å². The summed E-state index contributed by atoms with van der Waals surface area (Å²) in [4.78, 5) is 15.9. The SMILES string of the molecule is COc1ccc(C(C(=O)O)N2CCN(C)CC2)c(Cl)c1OC. The van der Waals surface area contributed by atoms with E-state index >= 15 is 0 Å². The third-order valence-electron chi connectivity index (χ3n) is 3.95. The molecule has 1 aliphatic heterocycles. The van der Waals surface area contributed by atoms with Crippen molar-refractivity contribution >= 4 is 17.6 Å². The highest BCUT2D eigenvalue weighted by atomic mass is 35.5. The Labute approximate surface area is 135 Å². The van der Waals surface area contributed by atoms with Crippen molar-refractivity contribution in [1.82, 2.24) is 9.80 Å². The van der Waals surface area contributed by atoms with Crippen molar-refractivity contribution in [3.8, 4) is 11.5 Å². The lowest BCUT2D eigenvalue weighted by Gasteiger charge is -2.36. The van der Waals surface area contributed by atoms with E-state index in [1.165, 1.54) is 14.2 Å². The van der Waals surface area contributed by atoms with Crippen LogP contribution in [0.1, 0.15) is 11.6 Å². The molecular weight excluding hydrogens is 308 g/mol. The van der Waals surface area contributed by atoms with Crippen molar-refractivity contribution < 1.29 is 19.4 Å². The zero-order chi connectivity index (χ0) is 16.3. The van der Waals surface area contributed by atoms with Crippen molar-refractivity contribution in [2.45, 2.75) is 6.04 Å². The number of piperazine rings is 1. The van der Waals surface area contributed by atoms with Crippen LogP contribution in [-0.2, 0) is 4.79 Å². The lowest BCUT2D eigenvalue weighted by molar-refractivity contribution is -0.144. The van der Waals surface area contributed by atoms with Gasteiger partial charge in [-0.25, -0.2) is 0 Å². The van der Waals surface area contributed by atoms with Crippen molar-refractivity contribution in [3.63, 3.8) is 0 Å². The molecule has 0 saturated carbocycles. The van der Waals surface area contributed by atoms with Crippen LogP contribution in [0, 0.1) is 0 Å². The number of nitrogens with zero attached hydrogens (tertiary/aromatic N) is 2. The molecule has 1 aromatic carbocycles. The Bertz CT molecular complexity index is 545. The van der Waals surface area contributed by atoms with E-state index < -0.39 is 12.0 Å². The van der Waals surface area contributed by atoms with Crippen molar-refractivity contribution in [1.29, 1.82) is 0 Å². The molecule has 1 atom stereocenters. The van der Waals surface area contributed by atoms with Crippen LogP contribution in [0.4, 0.5) is 0 Å². The van der Waals surface area contributed by atoms with Crippen LogP contribution < -0.4 is 9.47 Å². The minimum Gasteiger partial charge on any atom is -0.493 e. The Kier molecular flexibility index (Phi) is 5.50. The van der Waals surface area contributed by atoms with Gasteiger partial charge in [-0.1, -0.05) is 17.7 Å². The highest BCUT2D eigenvalue weighted by Gasteiger charge is 2.32. The maximum absolute atomic E-state index is 11.8. The lowest BCUT2D eigenvalue weighted by atomic mass is 10.0. The Morgan fingerprint density at radius 1 is 1.23 bits per heavy atom. The molecule has 1 N–H and O–H groups in total. The van der Waals surface area contributed by atoms with E-state index in [0.29, 0.717) is 30.2 Å². The smallest absolute Gasteiger partial charge is 0.325 e. The third kappa shape index (κ3) is 3.29. The molecular formula is C15H21ClN2O4. The maximum Gasteiger partial charge on any atom is 0.325 e. The molecule has 0 aliphatic carbocycles. The predicted molar refractivity (Wildman–Crippen MR) is 84.0 cm³/mol. The second-order valence-corrected chi connectivity index (χ2v) is 5.66. The third-order valence-corrected chi connectivity index (χ3v) is 4.34. The quantitative estimate of drug-likeness (QED) is 0.888. The molecule has 0 bridgehead atoms. The topological polar surface area (TPSA) is 62.2 Å². The maximum atomic E-state index is 11.8. The second-order valence-electron chi connectivity index (χ2n) is 5.28. The van der Waals surface area contributed by atoms with E-state index in [0.717, 1.165) is 13.1 Å². The van der Waals surface area contributed by atoms with Crippen LogP contribution in [0.5, 0.6) is 11.5 Å². The summed E-state index contributed by atoms with van der Waals surface area (Å²) in [6, 6.07) is 2.59. The molecule has 1 heterocycles. The molecule has 1 unspecified atom stereocenters. The highest BCUT2D eigenvalue weighted by molar-refractivity contribution is 6.33. The minimum absolute atomic E-state index is 0.285. The zero-order valence-electron chi connectivity index (χ0n) is 13.0. The van der Waals surface area contributed by atoms with E-state index in [2.05, 4.69) is 4.90 Å². The van der Waals surface area contributed by atoms with Gasteiger partial charge in [0, 0.05) is 31.7 Å². The van der Waals surface area contributed by atoms with Crippen LogP contribution >= 0.6 is 11.6 Å². The fraction of sp³-hybridized carbons (Fsp3) is 0.533. The molecule has 0 amide bonds. The Morgan fingerprint density at radius 3 is 2.36 bits per heavy atom. The fourth-order valence-corrected chi connectivity index (χ4v) is 3.02. The largest absolute Gasteiger partial charge is 0.493 e. The Balaban J connectivity index is 2.39. The highest BCUT2D eigenvalue weighted by Crippen LogP contribution is 2.41. The number of carbonyl (C=O) groups is 1. The number of methoxy groups -OCH3 is 2. The van der Waals surface area contributed by atoms with Gasteiger partial charge in [0.2, 0.25) is 0 Å². The van der Waals surface area contributed by atoms with Gasteiger partial charge in [-0.05, 0) is 13.1 Å². The first kappa shape index (κ1) is 16.9. The summed E-state index contributed by atoms with van der Waals surface area (Å²) < 4.78 is 10.5. The molecule has 0 aromatic heterocycles. The molecule has 2 rings (SSSR count). The average Bonchev–Trinajstić information content (AvgIpc) is 2.50. The van der Waals surface area contributed by atoms with E-state index in [1.807, 2.05) is 11.9 Å². The number of ether oxygens (including phenoxy) is 2. The molecule has 1 aromatic rings. The molecule has 6 nitrogen and oxygen atoms in total. The van der Waals surface area contributed by atoms with Gasteiger partial charge in [0.25, 0.3) is 0 Å². The normalized spacial score (nSPS) is 18.0. The Morgan fingerprint density at radius 2 is 1.86 bits per heavy atom. The molecule has 7 heteroatoms. The lowest BCUT2D eigenvalue weighted by Crippen LogP contribution is -2.47. The molecule has 0 radical (unpaired) electrons. The fourth-order valence-electron chi connectivity index (χ4n) is 2.68. The number of hydrogen-bond donors (Lipinski definition) is 1. The monoisotopic (exact) mass is 328 g/mol. The molecule has 1 aliphatic rings. The molecule has 1 fully saturated rings. The van der Waals surface area contributed by atoms with Gasteiger partial charge in [0.05, 0.1) is 19.2 Å². The number of hydrogen-bond acceptors (Lipinski definition) is 5. The number of benzene rings is 1.